The Morgan fingerprint density at radius 3 is 2.95 bits per heavy atom. The predicted octanol–water partition coefficient (Wildman–Crippen LogP) is 3.85. The highest BCUT2D eigenvalue weighted by atomic mass is 15.1. The van der Waals surface area contributed by atoms with E-state index in [-0.39, 0.29) is 0 Å². The lowest BCUT2D eigenvalue weighted by Gasteiger charge is -2.33. The molecule has 1 aliphatic carbocycles. The van der Waals surface area contributed by atoms with Crippen molar-refractivity contribution in [1.82, 2.24) is 5.32 Å². The number of nitrogens with zero attached hydrogens (tertiary/aromatic N) is 1. The van der Waals surface area contributed by atoms with E-state index in [0.29, 0.717) is 0 Å². The van der Waals surface area contributed by atoms with Crippen LogP contribution in [0.25, 0.3) is 0 Å². The van der Waals surface area contributed by atoms with E-state index in [0.717, 1.165) is 17.9 Å². The molecule has 3 rings (SSSR count). The van der Waals surface area contributed by atoms with Gasteiger partial charge in [0.1, 0.15) is 0 Å². The van der Waals surface area contributed by atoms with Gasteiger partial charge in [-0.15, -0.1) is 0 Å². The second-order valence-electron chi connectivity index (χ2n) is 7.18. The number of rotatable bonds is 5. The van der Waals surface area contributed by atoms with Crippen LogP contribution in [0.15, 0.2) is 24.3 Å². The summed E-state index contributed by atoms with van der Waals surface area (Å²) in [6.45, 7) is 8.39. The van der Waals surface area contributed by atoms with E-state index in [1.54, 1.807) is 0 Å². The average Bonchev–Trinajstić information content (AvgIpc) is 2.90. The largest absolute Gasteiger partial charge is 0.371 e. The molecule has 116 valence electrons. The molecule has 1 heterocycles. The molecule has 0 aromatic heterocycles. The third-order valence-corrected chi connectivity index (χ3v) is 5.45. The Bertz CT molecular complexity index is 457. The Labute approximate surface area is 129 Å². The van der Waals surface area contributed by atoms with E-state index in [1.165, 1.54) is 63.0 Å². The van der Waals surface area contributed by atoms with E-state index in [4.69, 9.17) is 0 Å². The second-order valence-corrected chi connectivity index (χ2v) is 7.18. The van der Waals surface area contributed by atoms with Crippen LogP contribution in [-0.4, -0.2) is 25.7 Å². The van der Waals surface area contributed by atoms with Crippen LogP contribution in [0, 0.1) is 11.8 Å². The fraction of sp³-hybridized carbons (Fsp3) is 0.684. The summed E-state index contributed by atoms with van der Waals surface area (Å²) in [6.07, 6.45) is 6.67. The van der Waals surface area contributed by atoms with Crippen molar-refractivity contribution >= 4 is 5.69 Å². The lowest BCUT2D eigenvalue weighted by atomic mass is 9.80. The Morgan fingerprint density at radius 2 is 2.05 bits per heavy atom. The first-order chi connectivity index (χ1) is 10.2. The van der Waals surface area contributed by atoms with Crippen molar-refractivity contribution in [2.45, 2.75) is 52.0 Å². The SMILES string of the molecule is CC1CCC(C)C(NCCCN2CCc3ccccc32)C1. The van der Waals surface area contributed by atoms with Crippen LogP contribution in [0.2, 0.25) is 0 Å². The summed E-state index contributed by atoms with van der Waals surface area (Å²) in [5.41, 5.74) is 3.00. The highest BCUT2D eigenvalue weighted by Gasteiger charge is 2.24. The maximum Gasteiger partial charge on any atom is 0.0399 e. The zero-order valence-electron chi connectivity index (χ0n) is 13.6. The third kappa shape index (κ3) is 3.60. The lowest BCUT2D eigenvalue weighted by molar-refractivity contribution is 0.229. The minimum absolute atomic E-state index is 0.750. The Morgan fingerprint density at radius 1 is 1.19 bits per heavy atom. The molecule has 3 atom stereocenters. The summed E-state index contributed by atoms with van der Waals surface area (Å²) in [6, 6.07) is 9.63. The van der Waals surface area contributed by atoms with Crippen LogP contribution in [0.4, 0.5) is 5.69 Å². The molecule has 0 bridgehead atoms. The van der Waals surface area contributed by atoms with Crippen molar-refractivity contribution in [1.29, 1.82) is 0 Å². The van der Waals surface area contributed by atoms with Crippen LogP contribution in [-0.2, 0) is 6.42 Å². The molecule has 1 saturated carbocycles. The van der Waals surface area contributed by atoms with Gasteiger partial charge in [-0.2, -0.15) is 0 Å². The number of nitrogens with one attached hydrogen (secondary N) is 1. The van der Waals surface area contributed by atoms with E-state index < -0.39 is 0 Å². The first-order valence-electron chi connectivity index (χ1n) is 8.80. The van der Waals surface area contributed by atoms with E-state index in [1.807, 2.05) is 0 Å². The molecule has 1 fully saturated rings. The van der Waals surface area contributed by atoms with Gasteiger partial charge in [0.15, 0.2) is 0 Å². The predicted molar refractivity (Wildman–Crippen MR) is 90.9 cm³/mol. The summed E-state index contributed by atoms with van der Waals surface area (Å²) in [4.78, 5) is 2.56. The maximum atomic E-state index is 3.82. The molecule has 2 aliphatic rings. The fourth-order valence-corrected chi connectivity index (χ4v) is 4.01. The van der Waals surface area contributed by atoms with Crippen LogP contribution in [0.5, 0.6) is 0 Å². The Kier molecular flexibility index (Phi) is 4.84. The fourth-order valence-electron chi connectivity index (χ4n) is 4.01. The number of para-hydroxylation sites is 1. The van der Waals surface area contributed by atoms with Gasteiger partial charge >= 0.3 is 0 Å². The van der Waals surface area contributed by atoms with Crippen LogP contribution >= 0.6 is 0 Å². The molecule has 3 unspecified atom stereocenters. The zero-order chi connectivity index (χ0) is 14.7. The van der Waals surface area contributed by atoms with Gasteiger partial charge in [-0.25, -0.2) is 0 Å². The number of fused-ring (bicyclic) bond motifs is 1. The molecule has 0 spiro atoms. The van der Waals surface area contributed by atoms with Gasteiger partial charge in [-0.3, -0.25) is 0 Å². The topological polar surface area (TPSA) is 15.3 Å². The summed E-state index contributed by atoms with van der Waals surface area (Å²) in [7, 11) is 0. The van der Waals surface area contributed by atoms with Gasteiger partial charge in [0.05, 0.1) is 0 Å². The summed E-state index contributed by atoms with van der Waals surface area (Å²) in [5.74, 6) is 1.76. The maximum absolute atomic E-state index is 3.82. The molecule has 2 nitrogen and oxygen atoms in total. The van der Waals surface area contributed by atoms with Crippen LogP contribution in [0.3, 0.4) is 0 Å². The molecule has 1 N–H and O–H groups in total. The van der Waals surface area contributed by atoms with Gasteiger partial charge in [0.2, 0.25) is 0 Å². The monoisotopic (exact) mass is 286 g/mol. The smallest absolute Gasteiger partial charge is 0.0399 e. The standard InChI is InChI=1S/C19H30N2/c1-15-8-9-16(2)18(14-15)20-11-5-12-21-13-10-17-6-3-4-7-19(17)21/h3-4,6-7,15-16,18,20H,5,8-14H2,1-2H3. The highest BCUT2D eigenvalue weighted by Crippen LogP contribution is 2.29. The quantitative estimate of drug-likeness (QED) is 0.827. The minimum atomic E-state index is 0.750. The van der Waals surface area contributed by atoms with E-state index >= 15 is 0 Å². The third-order valence-electron chi connectivity index (χ3n) is 5.45. The molecule has 2 heteroatoms. The Hall–Kier alpha value is -1.02. The zero-order valence-corrected chi connectivity index (χ0v) is 13.6. The van der Waals surface area contributed by atoms with Crippen molar-refractivity contribution in [3.63, 3.8) is 0 Å². The molecule has 0 radical (unpaired) electrons. The van der Waals surface area contributed by atoms with Crippen molar-refractivity contribution in [2.24, 2.45) is 11.8 Å². The number of hydrogen-bond acceptors (Lipinski definition) is 2. The summed E-state index contributed by atoms with van der Waals surface area (Å²) in [5, 5.41) is 3.82. The van der Waals surface area contributed by atoms with Crippen molar-refractivity contribution in [2.75, 3.05) is 24.5 Å². The number of hydrogen-bond donors (Lipinski definition) is 1. The van der Waals surface area contributed by atoms with Gasteiger partial charge < -0.3 is 10.2 Å². The van der Waals surface area contributed by atoms with Crippen LogP contribution in [0.1, 0.15) is 45.1 Å². The first kappa shape index (κ1) is 14.9. The van der Waals surface area contributed by atoms with Crippen molar-refractivity contribution < 1.29 is 0 Å². The minimum Gasteiger partial charge on any atom is -0.371 e. The van der Waals surface area contributed by atoms with E-state index in [2.05, 4.69) is 48.3 Å². The van der Waals surface area contributed by atoms with Gasteiger partial charge in [-0.05, 0) is 55.7 Å². The molecular weight excluding hydrogens is 256 g/mol. The number of benzene rings is 1. The Balaban J connectivity index is 1.41. The summed E-state index contributed by atoms with van der Waals surface area (Å²) >= 11 is 0. The van der Waals surface area contributed by atoms with Gasteiger partial charge in [0.25, 0.3) is 0 Å². The van der Waals surface area contributed by atoms with Gasteiger partial charge in [0, 0.05) is 24.8 Å². The molecule has 21 heavy (non-hydrogen) atoms. The average molecular weight is 286 g/mol. The summed E-state index contributed by atoms with van der Waals surface area (Å²) < 4.78 is 0. The molecular formula is C19H30N2. The number of anilines is 1. The first-order valence-corrected chi connectivity index (χ1v) is 8.80. The molecule has 1 aromatic carbocycles. The normalized spacial score (nSPS) is 28.7. The molecule has 1 aromatic rings. The van der Waals surface area contributed by atoms with Crippen molar-refractivity contribution in [3.05, 3.63) is 29.8 Å². The van der Waals surface area contributed by atoms with Gasteiger partial charge in [-0.1, -0.05) is 38.5 Å². The molecule has 0 saturated heterocycles. The lowest BCUT2D eigenvalue weighted by Crippen LogP contribution is -2.40. The highest BCUT2D eigenvalue weighted by molar-refractivity contribution is 5.57. The van der Waals surface area contributed by atoms with E-state index in [9.17, 15) is 0 Å². The second kappa shape index (κ2) is 6.83. The molecule has 1 aliphatic heterocycles. The van der Waals surface area contributed by atoms with Crippen LogP contribution < -0.4 is 10.2 Å². The van der Waals surface area contributed by atoms with Crippen molar-refractivity contribution in [3.8, 4) is 0 Å². The molecule has 0 amide bonds.